The molecule has 3 aromatic rings. The fraction of sp³-hybridized carbons (Fsp3) is 0.350. The van der Waals surface area contributed by atoms with Crippen molar-refractivity contribution in [2.45, 2.75) is 38.1 Å². The maximum atomic E-state index is 5.53. The molecule has 0 aliphatic heterocycles. The zero-order valence-corrected chi connectivity index (χ0v) is 15.1. The number of rotatable bonds is 5. The minimum atomic E-state index is -0.303. The first kappa shape index (κ1) is 16.6. The number of nitrogens with one attached hydrogen (secondary N) is 1. The summed E-state index contributed by atoms with van der Waals surface area (Å²) in [5, 5.41) is 16.4. The van der Waals surface area contributed by atoms with Crippen LogP contribution in [0.5, 0.6) is 5.75 Å². The number of benzene rings is 2. The van der Waals surface area contributed by atoms with Crippen molar-refractivity contribution in [3.05, 3.63) is 59.9 Å². The Hall–Kier alpha value is -2.89. The van der Waals surface area contributed by atoms with Crippen LogP contribution >= 0.6 is 0 Å². The largest absolute Gasteiger partial charge is 0.495 e. The van der Waals surface area contributed by atoms with E-state index in [1.807, 2.05) is 28.9 Å². The first-order valence-corrected chi connectivity index (χ1v) is 8.99. The Morgan fingerprint density at radius 1 is 1.04 bits per heavy atom. The van der Waals surface area contributed by atoms with Crippen LogP contribution in [0.2, 0.25) is 0 Å². The zero-order chi connectivity index (χ0) is 18.0. The van der Waals surface area contributed by atoms with Crippen LogP contribution in [-0.4, -0.2) is 27.3 Å². The Balaban J connectivity index is 1.76. The average Bonchev–Trinajstić information content (AvgIpc) is 3.33. The summed E-state index contributed by atoms with van der Waals surface area (Å²) < 4.78 is 7.38. The summed E-state index contributed by atoms with van der Waals surface area (Å²) in [7, 11) is 1.69. The molecule has 0 atom stereocenters. The summed E-state index contributed by atoms with van der Waals surface area (Å²) in [6, 6.07) is 16.3. The van der Waals surface area contributed by atoms with E-state index >= 15 is 0 Å². The maximum Gasteiger partial charge on any atom is 0.181 e. The summed E-state index contributed by atoms with van der Waals surface area (Å²) in [5.41, 5.74) is 2.85. The molecule has 0 saturated heterocycles. The summed E-state index contributed by atoms with van der Waals surface area (Å²) in [5.74, 6) is 1.68. The quantitative estimate of drug-likeness (QED) is 0.758. The Morgan fingerprint density at radius 3 is 2.50 bits per heavy atom. The number of methoxy groups -OCH3 is 1. The van der Waals surface area contributed by atoms with E-state index in [1.54, 1.807) is 7.11 Å². The minimum absolute atomic E-state index is 0.303. The molecule has 0 spiro atoms. The number of para-hydroxylation sites is 2. The molecule has 1 heterocycles. The van der Waals surface area contributed by atoms with Crippen molar-refractivity contribution in [1.29, 1.82) is 0 Å². The Labute approximate surface area is 153 Å². The molecule has 0 bridgehead atoms. The fourth-order valence-electron chi connectivity index (χ4n) is 3.73. The van der Waals surface area contributed by atoms with Crippen LogP contribution < -0.4 is 10.1 Å². The van der Waals surface area contributed by atoms with Gasteiger partial charge in [0.25, 0.3) is 0 Å². The van der Waals surface area contributed by atoms with Crippen molar-refractivity contribution in [2.24, 2.45) is 0 Å². The third kappa shape index (κ3) is 2.92. The number of ether oxygens (including phenoxy) is 1. The average molecular weight is 349 g/mol. The van der Waals surface area contributed by atoms with Crippen LogP contribution in [0.3, 0.4) is 0 Å². The van der Waals surface area contributed by atoms with Gasteiger partial charge in [0, 0.05) is 0 Å². The van der Waals surface area contributed by atoms with Gasteiger partial charge < -0.3 is 10.1 Å². The predicted octanol–water partition coefficient (Wildman–Crippen LogP) is 3.86. The molecule has 0 amide bonds. The van der Waals surface area contributed by atoms with E-state index in [0.717, 1.165) is 48.6 Å². The fourth-order valence-corrected chi connectivity index (χ4v) is 3.73. The van der Waals surface area contributed by atoms with Gasteiger partial charge in [0.2, 0.25) is 0 Å². The summed E-state index contributed by atoms with van der Waals surface area (Å²) in [6.07, 6.45) is 4.25. The van der Waals surface area contributed by atoms with E-state index in [0.29, 0.717) is 0 Å². The highest BCUT2D eigenvalue weighted by atomic mass is 16.5. The second-order valence-corrected chi connectivity index (χ2v) is 6.86. The lowest BCUT2D eigenvalue weighted by Crippen LogP contribution is -2.35. The summed E-state index contributed by atoms with van der Waals surface area (Å²) in [6.45, 7) is 2.08. The van der Waals surface area contributed by atoms with Crippen molar-refractivity contribution in [3.8, 4) is 11.4 Å². The summed E-state index contributed by atoms with van der Waals surface area (Å²) >= 11 is 0. The molecule has 1 fully saturated rings. The van der Waals surface area contributed by atoms with Crippen LogP contribution in [-0.2, 0) is 5.54 Å². The van der Waals surface area contributed by atoms with Gasteiger partial charge in [-0.25, -0.2) is 0 Å². The molecular weight excluding hydrogens is 326 g/mol. The van der Waals surface area contributed by atoms with Crippen LogP contribution in [0.25, 0.3) is 5.69 Å². The minimum Gasteiger partial charge on any atom is -0.495 e. The SMILES string of the molecule is COc1ccccc1NC1(c2nnnn2-c2ccc(C)cc2)CCCC1. The normalized spacial score (nSPS) is 15.8. The van der Waals surface area contributed by atoms with Gasteiger partial charge in [0.15, 0.2) is 5.82 Å². The second-order valence-electron chi connectivity index (χ2n) is 6.86. The van der Waals surface area contributed by atoms with Gasteiger partial charge in [-0.2, -0.15) is 4.68 Å². The Bertz CT molecular complexity index is 881. The second kappa shape index (κ2) is 6.78. The van der Waals surface area contributed by atoms with Crippen molar-refractivity contribution >= 4 is 5.69 Å². The Morgan fingerprint density at radius 2 is 1.77 bits per heavy atom. The number of hydrogen-bond donors (Lipinski definition) is 1. The number of nitrogens with zero attached hydrogens (tertiary/aromatic N) is 4. The van der Waals surface area contributed by atoms with E-state index in [-0.39, 0.29) is 5.54 Å². The number of tetrazole rings is 1. The number of hydrogen-bond acceptors (Lipinski definition) is 5. The van der Waals surface area contributed by atoms with Crippen molar-refractivity contribution in [2.75, 3.05) is 12.4 Å². The van der Waals surface area contributed by atoms with Crippen LogP contribution in [0.15, 0.2) is 48.5 Å². The van der Waals surface area contributed by atoms with Gasteiger partial charge in [0.1, 0.15) is 5.75 Å². The van der Waals surface area contributed by atoms with E-state index in [4.69, 9.17) is 4.74 Å². The third-order valence-corrected chi connectivity index (χ3v) is 5.11. The van der Waals surface area contributed by atoms with E-state index in [2.05, 4.69) is 52.0 Å². The molecule has 4 rings (SSSR count). The van der Waals surface area contributed by atoms with Crippen molar-refractivity contribution < 1.29 is 4.74 Å². The smallest absolute Gasteiger partial charge is 0.181 e. The van der Waals surface area contributed by atoms with Crippen LogP contribution in [0, 0.1) is 6.92 Å². The molecule has 0 radical (unpaired) electrons. The number of aromatic nitrogens is 4. The summed E-state index contributed by atoms with van der Waals surface area (Å²) in [4.78, 5) is 0. The molecule has 0 unspecified atom stereocenters. The molecule has 1 saturated carbocycles. The molecular formula is C20H23N5O. The van der Waals surface area contributed by atoms with Gasteiger partial charge in [-0.05, 0) is 54.5 Å². The highest BCUT2D eigenvalue weighted by molar-refractivity contribution is 5.58. The number of aryl methyl sites for hydroxylation is 1. The predicted molar refractivity (Wildman–Crippen MR) is 101 cm³/mol. The molecule has 1 aliphatic rings. The molecule has 6 nitrogen and oxygen atoms in total. The highest BCUT2D eigenvalue weighted by Gasteiger charge is 2.41. The molecule has 26 heavy (non-hydrogen) atoms. The molecule has 2 aromatic carbocycles. The molecule has 1 aromatic heterocycles. The molecule has 134 valence electrons. The van der Waals surface area contributed by atoms with Crippen LogP contribution in [0.1, 0.15) is 37.1 Å². The van der Waals surface area contributed by atoms with Gasteiger partial charge in [-0.3, -0.25) is 0 Å². The highest BCUT2D eigenvalue weighted by Crippen LogP contribution is 2.42. The lowest BCUT2D eigenvalue weighted by atomic mass is 9.95. The first-order valence-electron chi connectivity index (χ1n) is 8.99. The third-order valence-electron chi connectivity index (χ3n) is 5.11. The topological polar surface area (TPSA) is 64.9 Å². The molecule has 6 heteroatoms. The molecule has 1 N–H and O–H groups in total. The van der Waals surface area contributed by atoms with Gasteiger partial charge in [-0.1, -0.05) is 42.7 Å². The lowest BCUT2D eigenvalue weighted by molar-refractivity contribution is 0.409. The maximum absolute atomic E-state index is 5.53. The first-order chi connectivity index (χ1) is 12.7. The van der Waals surface area contributed by atoms with Gasteiger partial charge in [0.05, 0.1) is 24.0 Å². The van der Waals surface area contributed by atoms with Crippen molar-refractivity contribution in [3.63, 3.8) is 0 Å². The van der Waals surface area contributed by atoms with Gasteiger partial charge >= 0.3 is 0 Å². The van der Waals surface area contributed by atoms with Crippen molar-refractivity contribution in [1.82, 2.24) is 20.2 Å². The van der Waals surface area contributed by atoms with E-state index < -0.39 is 0 Å². The molecule has 1 aliphatic carbocycles. The standard InChI is InChI=1S/C20H23N5O/c1-15-9-11-16(12-10-15)25-19(22-23-24-25)20(13-5-6-14-20)21-17-7-3-4-8-18(17)26-2/h3-4,7-12,21H,5-6,13-14H2,1-2H3. The van der Waals surface area contributed by atoms with E-state index in [9.17, 15) is 0 Å². The Kier molecular flexibility index (Phi) is 4.32. The zero-order valence-electron chi connectivity index (χ0n) is 15.1. The monoisotopic (exact) mass is 349 g/mol. The van der Waals surface area contributed by atoms with E-state index in [1.165, 1.54) is 5.56 Å². The lowest BCUT2D eigenvalue weighted by Gasteiger charge is -2.30. The van der Waals surface area contributed by atoms with Gasteiger partial charge in [-0.15, -0.1) is 5.10 Å². The van der Waals surface area contributed by atoms with Crippen LogP contribution in [0.4, 0.5) is 5.69 Å². The number of anilines is 1.